The SMILES string of the molecule is O=C(O)/C=C\c1ccc(NC(=O)CCC(F)(F)F)cc1. The smallest absolute Gasteiger partial charge is 0.389 e. The Morgan fingerprint density at radius 2 is 1.80 bits per heavy atom. The van der Waals surface area contributed by atoms with E-state index < -0.39 is 30.9 Å². The summed E-state index contributed by atoms with van der Waals surface area (Å²) in [4.78, 5) is 21.6. The topological polar surface area (TPSA) is 66.4 Å². The van der Waals surface area contributed by atoms with Crippen molar-refractivity contribution >= 4 is 23.6 Å². The minimum Gasteiger partial charge on any atom is -0.478 e. The van der Waals surface area contributed by atoms with Crippen LogP contribution in [0.5, 0.6) is 0 Å². The van der Waals surface area contributed by atoms with E-state index in [1.54, 1.807) is 12.1 Å². The number of carbonyl (C=O) groups excluding carboxylic acids is 1. The fourth-order valence-electron chi connectivity index (χ4n) is 1.32. The van der Waals surface area contributed by atoms with Gasteiger partial charge in [0.25, 0.3) is 0 Å². The van der Waals surface area contributed by atoms with Crippen LogP contribution in [-0.4, -0.2) is 23.2 Å². The van der Waals surface area contributed by atoms with Gasteiger partial charge in [0.1, 0.15) is 0 Å². The molecule has 0 atom stereocenters. The molecule has 0 spiro atoms. The van der Waals surface area contributed by atoms with E-state index >= 15 is 0 Å². The van der Waals surface area contributed by atoms with Crippen LogP contribution in [0.25, 0.3) is 6.08 Å². The van der Waals surface area contributed by atoms with Crippen LogP contribution in [0, 0.1) is 0 Å². The van der Waals surface area contributed by atoms with E-state index in [0.29, 0.717) is 11.3 Å². The minimum absolute atomic E-state index is 0.352. The lowest BCUT2D eigenvalue weighted by atomic mass is 10.2. The number of alkyl halides is 3. The number of amides is 1. The second kappa shape index (κ2) is 6.74. The summed E-state index contributed by atoms with van der Waals surface area (Å²) in [6.07, 6.45) is -3.85. The maximum absolute atomic E-state index is 11.9. The molecule has 0 radical (unpaired) electrons. The highest BCUT2D eigenvalue weighted by Gasteiger charge is 2.27. The van der Waals surface area contributed by atoms with Crippen molar-refractivity contribution in [2.45, 2.75) is 19.0 Å². The number of aliphatic carboxylic acids is 1. The average molecular weight is 287 g/mol. The van der Waals surface area contributed by atoms with Crippen LogP contribution in [0.3, 0.4) is 0 Å². The Morgan fingerprint density at radius 3 is 2.30 bits per heavy atom. The first kappa shape index (κ1) is 15.7. The molecule has 108 valence electrons. The summed E-state index contributed by atoms with van der Waals surface area (Å²) in [7, 11) is 0. The Morgan fingerprint density at radius 1 is 1.20 bits per heavy atom. The van der Waals surface area contributed by atoms with Gasteiger partial charge in [-0.2, -0.15) is 13.2 Å². The van der Waals surface area contributed by atoms with Crippen LogP contribution >= 0.6 is 0 Å². The molecule has 20 heavy (non-hydrogen) atoms. The molecule has 0 saturated carbocycles. The second-order valence-corrected chi connectivity index (χ2v) is 3.96. The number of hydrogen-bond donors (Lipinski definition) is 2. The van der Waals surface area contributed by atoms with E-state index in [0.717, 1.165) is 6.08 Å². The second-order valence-electron chi connectivity index (χ2n) is 3.96. The van der Waals surface area contributed by atoms with Gasteiger partial charge in [-0.3, -0.25) is 4.79 Å². The lowest BCUT2D eigenvalue weighted by Gasteiger charge is -2.07. The highest BCUT2D eigenvalue weighted by Crippen LogP contribution is 2.21. The van der Waals surface area contributed by atoms with Crippen molar-refractivity contribution in [1.82, 2.24) is 0 Å². The molecule has 4 nitrogen and oxygen atoms in total. The molecule has 0 fully saturated rings. The number of carbonyl (C=O) groups is 2. The summed E-state index contributed by atoms with van der Waals surface area (Å²) in [6, 6.07) is 6.04. The average Bonchev–Trinajstić information content (AvgIpc) is 2.35. The summed E-state index contributed by atoms with van der Waals surface area (Å²) in [5, 5.41) is 10.8. The van der Waals surface area contributed by atoms with Crippen molar-refractivity contribution in [3.05, 3.63) is 35.9 Å². The van der Waals surface area contributed by atoms with Crippen LogP contribution < -0.4 is 5.32 Å². The summed E-state index contributed by atoms with van der Waals surface area (Å²) in [5.74, 6) is -1.81. The molecule has 2 N–H and O–H groups in total. The molecule has 0 aliphatic heterocycles. The number of hydrogen-bond acceptors (Lipinski definition) is 2. The molecule has 1 amide bonds. The lowest BCUT2D eigenvalue weighted by molar-refractivity contribution is -0.142. The number of halogens is 3. The third kappa shape index (κ3) is 6.58. The van der Waals surface area contributed by atoms with Gasteiger partial charge in [-0.15, -0.1) is 0 Å². The quantitative estimate of drug-likeness (QED) is 0.818. The Kier molecular flexibility index (Phi) is 5.31. The van der Waals surface area contributed by atoms with Crippen LogP contribution in [0.2, 0.25) is 0 Å². The van der Waals surface area contributed by atoms with Crippen LogP contribution in [0.1, 0.15) is 18.4 Å². The predicted octanol–water partition coefficient (Wildman–Crippen LogP) is 3.07. The lowest BCUT2D eigenvalue weighted by Crippen LogP contribution is -2.16. The molecule has 0 aliphatic carbocycles. The highest BCUT2D eigenvalue weighted by atomic mass is 19.4. The van der Waals surface area contributed by atoms with Crippen molar-refractivity contribution in [2.24, 2.45) is 0 Å². The standard InChI is InChI=1S/C13H12F3NO3/c14-13(15,16)8-7-11(18)17-10-4-1-9(2-5-10)3-6-12(19)20/h1-6H,7-8H2,(H,17,18)(H,19,20)/b6-3-. The van der Waals surface area contributed by atoms with Crippen LogP contribution in [0.4, 0.5) is 18.9 Å². The number of carboxylic acid groups (broad SMARTS) is 1. The zero-order valence-electron chi connectivity index (χ0n) is 10.3. The fourth-order valence-corrected chi connectivity index (χ4v) is 1.32. The van der Waals surface area contributed by atoms with E-state index in [1.807, 2.05) is 0 Å². The van der Waals surface area contributed by atoms with Crippen molar-refractivity contribution < 1.29 is 27.9 Å². The van der Waals surface area contributed by atoms with Crippen molar-refractivity contribution in [1.29, 1.82) is 0 Å². The molecule has 0 unspecified atom stereocenters. The number of nitrogens with one attached hydrogen (secondary N) is 1. The fraction of sp³-hybridized carbons (Fsp3) is 0.231. The molecular formula is C13H12F3NO3. The number of benzene rings is 1. The first-order valence-corrected chi connectivity index (χ1v) is 5.64. The molecular weight excluding hydrogens is 275 g/mol. The number of carboxylic acids is 1. The van der Waals surface area contributed by atoms with Gasteiger partial charge < -0.3 is 10.4 Å². The van der Waals surface area contributed by atoms with Crippen LogP contribution in [0.15, 0.2) is 30.3 Å². The van der Waals surface area contributed by atoms with E-state index in [9.17, 15) is 22.8 Å². The van der Waals surface area contributed by atoms with E-state index in [4.69, 9.17) is 5.11 Å². The molecule has 0 heterocycles. The van der Waals surface area contributed by atoms with Gasteiger partial charge in [-0.25, -0.2) is 4.79 Å². The molecule has 0 bridgehead atoms. The molecule has 1 aromatic carbocycles. The maximum atomic E-state index is 11.9. The Bertz CT molecular complexity index is 507. The Hall–Kier alpha value is -2.31. The first-order valence-electron chi connectivity index (χ1n) is 5.64. The van der Waals surface area contributed by atoms with E-state index in [-0.39, 0.29) is 0 Å². The zero-order valence-corrected chi connectivity index (χ0v) is 10.3. The third-order valence-electron chi connectivity index (χ3n) is 2.25. The van der Waals surface area contributed by atoms with Gasteiger partial charge in [0.2, 0.25) is 5.91 Å². The summed E-state index contributed by atoms with van der Waals surface area (Å²) >= 11 is 0. The molecule has 1 rings (SSSR count). The normalized spacial score (nSPS) is 11.6. The molecule has 1 aromatic rings. The Labute approximate surface area is 112 Å². The van der Waals surface area contributed by atoms with Crippen LogP contribution in [-0.2, 0) is 9.59 Å². The maximum Gasteiger partial charge on any atom is 0.389 e. The van der Waals surface area contributed by atoms with Crippen molar-refractivity contribution in [2.75, 3.05) is 5.32 Å². The predicted molar refractivity (Wildman–Crippen MR) is 67.0 cm³/mol. The van der Waals surface area contributed by atoms with Gasteiger partial charge in [0.05, 0.1) is 6.42 Å². The summed E-state index contributed by atoms with van der Waals surface area (Å²) in [5.41, 5.74) is 0.949. The van der Waals surface area contributed by atoms with Gasteiger partial charge in [0.15, 0.2) is 0 Å². The molecule has 7 heteroatoms. The number of rotatable bonds is 5. The highest BCUT2D eigenvalue weighted by molar-refractivity contribution is 5.91. The van der Waals surface area contributed by atoms with Gasteiger partial charge in [0, 0.05) is 18.2 Å². The third-order valence-corrected chi connectivity index (χ3v) is 2.25. The largest absolute Gasteiger partial charge is 0.478 e. The van der Waals surface area contributed by atoms with Gasteiger partial charge >= 0.3 is 12.1 Å². The van der Waals surface area contributed by atoms with Gasteiger partial charge in [-0.05, 0) is 23.8 Å². The molecule has 0 aliphatic rings. The monoisotopic (exact) mass is 287 g/mol. The Balaban J connectivity index is 2.53. The van der Waals surface area contributed by atoms with Crippen molar-refractivity contribution in [3.8, 4) is 0 Å². The zero-order chi connectivity index (χ0) is 15.2. The molecule has 0 saturated heterocycles. The van der Waals surface area contributed by atoms with E-state index in [1.165, 1.54) is 18.2 Å². The first-order chi connectivity index (χ1) is 9.26. The summed E-state index contributed by atoms with van der Waals surface area (Å²) < 4.78 is 35.8. The number of anilines is 1. The summed E-state index contributed by atoms with van der Waals surface area (Å²) in [6.45, 7) is 0. The minimum atomic E-state index is -4.36. The van der Waals surface area contributed by atoms with Gasteiger partial charge in [-0.1, -0.05) is 12.1 Å². The van der Waals surface area contributed by atoms with Crippen molar-refractivity contribution in [3.63, 3.8) is 0 Å². The molecule has 0 aromatic heterocycles. The van der Waals surface area contributed by atoms with E-state index in [2.05, 4.69) is 5.32 Å².